The van der Waals surface area contributed by atoms with E-state index in [0.29, 0.717) is 5.56 Å². The Morgan fingerprint density at radius 3 is 2.52 bits per heavy atom. The number of hydrogen-bond donors (Lipinski definition) is 4. The number of rotatable bonds is 9. The number of thiol groups is 1. The van der Waals surface area contributed by atoms with Crippen LogP contribution in [-0.4, -0.2) is 121 Å². The number of phosphoric ester groups is 2. The molecule has 3 saturated heterocycles. The lowest BCUT2D eigenvalue weighted by molar-refractivity contribution is -0.143. The zero-order chi connectivity index (χ0) is 44.2. The molecule has 0 aliphatic carbocycles. The van der Waals surface area contributed by atoms with Gasteiger partial charge in [-0.2, -0.15) is 5.26 Å². The van der Waals surface area contributed by atoms with Crippen LogP contribution in [-0.2, 0) is 51.2 Å². The lowest BCUT2D eigenvalue weighted by Crippen LogP contribution is -2.65. The molecular formula is C35H41FN10O13P2S. The Labute approximate surface area is 351 Å². The minimum Gasteiger partial charge on any atom is -0.349 e. The number of anilines is 1. The van der Waals surface area contributed by atoms with E-state index in [0.717, 1.165) is 23.5 Å². The van der Waals surface area contributed by atoms with Crippen molar-refractivity contribution in [3.8, 4) is 6.07 Å². The van der Waals surface area contributed by atoms with Crippen molar-refractivity contribution >= 4 is 59.6 Å². The van der Waals surface area contributed by atoms with Crippen LogP contribution in [0.3, 0.4) is 0 Å². The molecule has 0 saturated carbocycles. The number of ether oxygens (including phenoxy) is 2. The number of fused-ring (bicyclic) bond motifs is 5. The number of nitrogens with one attached hydrogen (secondary N) is 2. The molecule has 0 radical (unpaired) electrons. The zero-order valence-corrected chi connectivity index (χ0v) is 36.0. The van der Waals surface area contributed by atoms with E-state index in [2.05, 4.69) is 35.2 Å². The number of aromatic amines is 1. The number of carbonyl (C=O) groups excluding carboxylic acids is 1. The number of carbonyl (C=O) groups is 1. The van der Waals surface area contributed by atoms with E-state index in [1.807, 2.05) is 6.07 Å². The fourth-order valence-electron chi connectivity index (χ4n) is 7.45. The number of nitriles is 1. The molecule has 1 amide bonds. The topological polar surface area (TPSA) is 296 Å². The molecule has 1 aromatic carbocycles. The molecule has 2 bridgehead atoms. The smallest absolute Gasteiger partial charge is 0.349 e. The second kappa shape index (κ2) is 16.5. The summed E-state index contributed by atoms with van der Waals surface area (Å²) in [5, 5.41) is 12.0. The fourth-order valence-corrected chi connectivity index (χ4v) is 11.0. The number of halogens is 1. The van der Waals surface area contributed by atoms with Gasteiger partial charge in [-0.3, -0.25) is 45.6 Å². The lowest BCUT2D eigenvalue weighted by Gasteiger charge is -2.50. The molecule has 8 rings (SSSR count). The maximum Gasteiger partial charge on any atom is 0.475 e. The van der Waals surface area contributed by atoms with Crippen LogP contribution < -0.4 is 10.9 Å². The molecule has 4 aromatic heterocycles. The predicted octanol–water partition coefficient (Wildman–Crippen LogP) is 3.12. The van der Waals surface area contributed by atoms with Gasteiger partial charge in [0, 0.05) is 12.0 Å². The largest absolute Gasteiger partial charge is 0.475 e. The van der Waals surface area contributed by atoms with Crippen LogP contribution in [0.15, 0.2) is 60.4 Å². The number of hydrogen-bond acceptors (Lipinski definition) is 18. The first kappa shape index (κ1) is 43.9. The first-order valence-corrected chi connectivity index (χ1v) is 24.5. The van der Waals surface area contributed by atoms with Gasteiger partial charge in [-0.05, 0) is 38.5 Å². The molecule has 62 heavy (non-hydrogen) atoms. The quantitative estimate of drug-likeness (QED) is 0.0938. The van der Waals surface area contributed by atoms with Crippen LogP contribution in [0.2, 0.25) is 0 Å². The van der Waals surface area contributed by atoms with Crippen LogP contribution in [0.4, 0.5) is 10.2 Å². The Balaban J connectivity index is 1.19. The van der Waals surface area contributed by atoms with Crippen molar-refractivity contribution in [2.75, 3.05) is 37.6 Å². The minimum atomic E-state index is -5.28. The van der Waals surface area contributed by atoms with Crippen molar-refractivity contribution in [1.29, 1.82) is 5.26 Å². The summed E-state index contributed by atoms with van der Waals surface area (Å²) in [7, 11) is -13.8. The van der Waals surface area contributed by atoms with Gasteiger partial charge in [-0.15, -0.1) is 9.93 Å². The highest BCUT2D eigenvalue weighted by atomic mass is 32.2. The average Bonchev–Trinajstić information content (AvgIpc) is 4.01. The normalized spacial score (nSPS) is 31.1. The number of aromatic nitrogens is 8. The summed E-state index contributed by atoms with van der Waals surface area (Å²) in [6, 6.07) is 10.2. The van der Waals surface area contributed by atoms with Crippen molar-refractivity contribution < 1.29 is 59.5 Å². The summed E-state index contributed by atoms with van der Waals surface area (Å²) >= 11 is 0. The lowest BCUT2D eigenvalue weighted by atomic mass is 9.84. The fraction of sp³-hybridized carbons (Fsp3) is 0.486. The highest BCUT2D eigenvalue weighted by Gasteiger charge is 2.69. The average molecular weight is 923 g/mol. The van der Waals surface area contributed by atoms with Gasteiger partial charge in [-0.25, -0.2) is 38.4 Å². The summed E-state index contributed by atoms with van der Waals surface area (Å²) in [5.41, 5.74) is -2.79. The van der Waals surface area contributed by atoms with Gasteiger partial charge in [0.15, 0.2) is 46.8 Å². The van der Waals surface area contributed by atoms with E-state index < -0.39 is 104 Å². The Hall–Kier alpha value is -4.70. The van der Waals surface area contributed by atoms with E-state index in [1.54, 1.807) is 30.3 Å². The Morgan fingerprint density at radius 1 is 1.08 bits per heavy atom. The van der Waals surface area contributed by atoms with Crippen LogP contribution in [0.1, 0.15) is 49.5 Å². The standard InChI is InChI=1S/C35H41FN10O13P2S/c1-34(2,62(3,4)52)35-15-55-60(49,50)58-22-13-21(56-32(22)45-18-42-24-27(38-16-39-28(24)45)44-30(47)20-9-6-5-7-10-20)14-54-61(51,53-12-8-11-37)59-26(35)23(36)33(57-35)46-19-43-25-29(46)40-17-41-31(25)48/h5-7,9-10,16-19,21-23,26,32-33,62H,8,12-15H2,1-4H3,(H,49,50)(H,40,41,48)(H,38,39,44,47)/t21?,22-,23-,26+,32?,33?,35?,61?/m1/s1. The van der Waals surface area contributed by atoms with Crippen molar-refractivity contribution in [1.82, 2.24) is 39.0 Å². The highest BCUT2D eigenvalue weighted by Crippen LogP contribution is 2.61. The van der Waals surface area contributed by atoms with Gasteiger partial charge >= 0.3 is 15.6 Å². The molecule has 3 fully saturated rings. The summed E-state index contributed by atoms with van der Waals surface area (Å²) in [4.78, 5) is 60.4. The third kappa shape index (κ3) is 7.94. The van der Waals surface area contributed by atoms with Gasteiger partial charge in [0.25, 0.3) is 11.5 Å². The van der Waals surface area contributed by atoms with E-state index in [9.17, 15) is 33.1 Å². The summed E-state index contributed by atoms with van der Waals surface area (Å²) < 4.78 is 103. The summed E-state index contributed by atoms with van der Waals surface area (Å²) in [6.45, 7) is 0.654. The molecule has 3 aliphatic rings. The first-order chi connectivity index (χ1) is 29.4. The Morgan fingerprint density at radius 2 is 1.79 bits per heavy atom. The van der Waals surface area contributed by atoms with Gasteiger partial charge in [0.1, 0.15) is 24.1 Å². The van der Waals surface area contributed by atoms with E-state index in [4.69, 9.17) is 32.1 Å². The van der Waals surface area contributed by atoms with Crippen molar-refractivity contribution in [3.63, 3.8) is 0 Å². The van der Waals surface area contributed by atoms with E-state index >= 15 is 4.39 Å². The molecule has 332 valence electrons. The van der Waals surface area contributed by atoms with Gasteiger partial charge in [-0.1, -0.05) is 18.2 Å². The Kier molecular flexibility index (Phi) is 11.7. The maximum atomic E-state index is 17.4. The van der Waals surface area contributed by atoms with Gasteiger partial charge in [0.2, 0.25) is 0 Å². The molecule has 0 spiro atoms. The van der Waals surface area contributed by atoms with Crippen LogP contribution in [0.25, 0.3) is 22.3 Å². The second-order valence-corrected chi connectivity index (χ2v) is 22.3. The van der Waals surface area contributed by atoms with Crippen LogP contribution in [0.5, 0.6) is 0 Å². The highest BCUT2D eigenvalue weighted by molar-refractivity contribution is 8.03. The molecule has 9 atom stereocenters. The number of imidazole rings is 2. The molecule has 6 unspecified atom stereocenters. The third-order valence-electron chi connectivity index (χ3n) is 11.3. The first-order valence-electron chi connectivity index (χ1n) is 18.9. The molecule has 5 aromatic rings. The molecule has 7 heterocycles. The molecule has 23 nitrogen and oxygen atoms in total. The summed E-state index contributed by atoms with van der Waals surface area (Å²) in [5.74, 6) is -0.436. The molecular weight excluding hydrogens is 881 g/mol. The number of amides is 1. The van der Waals surface area contributed by atoms with Crippen LogP contribution in [0, 0.1) is 11.3 Å². The number of phosphoric acid groups is 2. The monoisotopic (exact) mass is 922 g/mol. The second-order valence-electron chi connectivity index (χ2n) is 15.5. The third-order valence-corrected chi connectivity index (χ3v) is 16.8. The number of alkyl halides is 1. The summed E-state index contributed by atoms with van der Waals surface area (Å²) in [6.07, 6.45) is -3.30. The van der Waals surface area contributed by atoms with Crippen molar-refractivity contribution in [3.05, 3.63) is 71.6 Å². The van der Waals surface area contributed by atoms with Crippen molar-refractivity contribution in [2.24, 2.45) is 0 Å². The molecule has 3 aliphatic heterocycles. The van der Waals surface area contributed by atoms with Crippen LogP contribution >= 0.6 is 15.6 Å². The SMILES string of the molecule is CC(C)(C12COP(=O)(O)O[C@@H]3CC(COP(=O)(OCCC#N)O[C@H]1[C@@H](F)C(n1cnc4c(=O)[nH]cnc41)O2)OC3n1cnc2c(NC(=O)c3ccccc3)ncnc21)[SH](C)(C)=O. The van der Waals surface area contributed by atoms with Gasteiger partial charge in [0.05, 0.1) is 62.1 Å². The number of benzene rings is 1. The minimum absolute atomic E-state index is 0.0442. The van der Waals surface area contributed by atoms with E-state index in [1.165, 1.54) is 37.3 Å². The van der Waals surface area contributed by atoms with E-state index in [-0.39, 0.29) is 41.0 Å². The number of nitrogens with zero attached hydrogens (tertiary/aromatic N) is 8. The molecule has 27 heteroatoms. The van der Waals surface area contributed by atoms with Crippen molar-refractivity contribution in [2.45, 2.75) is 74.0 Å². The predicted molar refractivity (Wildman–Crippen MR) is 215 cm³/mol. The zero-order valence-electron chi connectivity index (χ0n) is 33.3. The van der Waals surface area contributed by atoms with Gasteiger partial charge < -0.3 is 24.7 Å². The maximum absolute atomic E-state index is 17.4. The Bertz CT molecular complexity index is 2760. The molecule has 3 N–H and O–H groups in total. The number of H-pyrrole nitrogens is 1.